The summed E-state index contributed by atoms with van der Waals surface area (Å²) in [6, 6.07) is 8.12. The van der Waals surface area contributed by atoms with Crippen molar-refractivity contribution in [2.24, 2.45) is 10.7 Å². The highest BCUT2D eigenvalue weighted by Crippen LogP contribution is 2.13. The fourth-order valence-corrected chi connectivity index (χ4v) is 1.19. The third kappa shape index (κ3) is 4.42. The summed E-state index contributed by atoms with van der Waals surface area (Å²) in [5.74, 6) is 0. The summed E-state index contributed by atoms with van der Waals surface area (Å²) in [5, 5.41) is 3.27. The minimum absolute atomic E-state index is 0.882. The maximum absolute atomic E-state index is 5.21. The van der Waals surface area contributed by atoms with Crippen LogP contribution in [0.3, 0.4) is 0 Å². The average molecular weight is 203 g/mol. The SMILES string of the molecule is CCNCc1cccc(N=CC=CN)c1. The molecular formula is C12H17N3. The van der Waals surface area contributed by atoms with Crippen molar-refractivity contribution in [2.75, 3.05) is 6.54 Å². The number of nitrogens with one attached hydrogen (secondary N) is 1. The van der Waals surface area contributed by atoms with E-state index in [0.29, 0.717) is 0 Å². The minimum Gasteiger partial charge on any atom is -0.405 e. The Morgan fingerprint density at radius 1 is 1.47 bits per heavy atom. The monoisotopic (exact) mass is 203 g/mol. The Kier molecular flexibility index (Phi) is 5.19. The lowest BCUT2D eigenvalue weighted by molar-refractivity contribution is 0.727. The molecule has 1 rings (SSSR count). The van der Waals surface area contributed by atoms with Gasteiger partial charge in [-0.25, -0.2) is 0 Å². The van der Waals surface area contributed by atoms with Gasteiger partial charge in [0.1, 0.15) is 0 Å². The first kappa shape index (κ1) is 11.5. The van der Waals surface area contributed by atoms with Gasteiger partial charge in [0.25, 0.3) is 0 Å². The number of allylic oxidation sites excluding steroid dienone is 1. The van der Waals surface area contributed by atoms with E-state index in [-0.39, 0.29) is 0 Å². The van der Waals surface area contributed by atoms with Gasteiger partial charge in [-0.2, -0.15) is 0 Å². The molecule has 1 aromatic rings. The quantitative estimate of drug-likeness (QED) is 0.719. The number of nitrogens with zero attached hydrogens (tertiary/aromatic N) is 1. The van der Waals surface area contributed by atoms with Crippen molar-refractivity contribution < 1.29 is 0 Å². The maximum Gasteiger partial charge on any atom is 0.0632 e. The molecule has 0 aliphatic heterocycles. The van der Waals surface area contributed by atoms with E-state index in [1.54, 1.807) is 12.3 Å². The lowest BCUT2D eigenvalue weighted by Crippen LogP contribution is -2.11. The lowest BCUT2D eigenvalue weighted by Gasteiger charge is -2.02. The van der Waals surface area contributed by atoms with Gasteiger partial charge in [-0.1, -0.05) is 19.1 Å². The molecule has 3 nitrogen and oxygen atoms in total. The van der Waals surface area contributed by atoms with Crippen molar-refractivity contribution >= 4 is 11.9 Å². The number of hydrogen-bond donors (Lipinski definition) is 2. The summed E-state index contributed by atoms with van der Waals surface area (Å²) in [7, 11) is 0. The summed E-state index contributed by atoms with van der Waals surface area (Å²) in [4.78, 5) is 4.25. The van der Waals surface area contributed by atoms with E-state index in [1.165, 1.54) is 11.8 Å². The second kappa shape index (κ2) is 6.79. The number of nitrogens with two attached hydrogens (primary N) is 1. The van der Waals surface area contributed by atoms with Gasteiger partial charge in [-0.05, 0) is 36.5 Å². The van der Waals surface area contributed by atoms with Crippen molar-refractivity contribution in [3.05, 3.63) is 42.1 Å². The molecule has 1 aromatic carbocycles. The van der Waals surface area contributed by atoms with E-state index in [1.807, 2.05) is 12.1 Å². The van der Waals surface area contributed by atoms with Crippen molar-refractivity contribution in [1.82, 2.24) is 5.32 Å². The van der Waals surface area contributed by atoms with E-state index >= 15 is 0 Å². The molecule has 0 saturated carbocycles. The molecule has 0 bridgehead atoms. The summed E-state index contributed by atoms with van der Waals surface area (Å²) in [6.45, 7) is 3.95. The van der Waals surface area contributed by atoms with Gasteiger partial charge >= 0.3 is 0 Å². The number of aliphatic imine (C=N–C) groups is 1. The molecule has 80 valence electrons. The normalized spacial score (nSPS) is 11.5. The Hall–Kier alpha value is -1.61. The first-order valence-electron chi connectivity index (χ1n) is 5.07. The molecule has 0 spiro atoms. The van der Waals surface area contributed by atoms with Gasteiger partial charge in [0.05, 0.1) is 5.69 Å². The topological polar surface area (TPSA) is 50.4 Å². The zero-order valence-electron chi connectivity index (χ0n) is 8.98. The predicted octanol–water partition coefficient (Wildman–Crippen LogP) is 1.97. The fourth-order valence-electron chi connectivity index (χ4n) is 1.19. The van der Waals surface area contributed by atoms with E-state index in [2.05, 4.69) is 29.4 Å². The van der Waals surface area contributed by atoms with Gasteiger partial charge in [-0.3, -0.25) is 4.99 Å². The second-order valence-corrected chi connectivity index (χ2v) is 3.11. The van der Waals surface area contributed by atoms with Crippen LogP contribution in [0.25, 0.3) is 0 Å². The molecule has 15 heavy (non-hydrogen) atoms. The molecular weight excluding hydrogens is 186 g/mol. The highest BCUT2D eigenvalue weighted by atomic mass is 14.8. The first-order valence-corrected chi connectivity index (χ1v) is 5.07. The predicted molar refractivity (Wildman–Crippen MR) is 65.3 cm³/mol. The van der Waals surface area contributed by atoms with E-state index in [4.69, 9.17) is 5.73 Å². The van der Waals surface area contributed by atoms with Crippen LogP contribution in [-0.4, -0.2) is 12.8 Å². The van der Waals surface area contributed by atoms with Crippen molar-refractivity contribution in [1.29, 1.82) is 0 Å². The fraction of sp³-hybridized carbons (Fsp3) is 0.250. The van der Waals surface area contributed by atoms with Crippen LogP contribution in [0.1, 0.15) is 12.5 Å². The third-order valence-corrected chi connectivity index (χ3v) is 1.91. The molecule has 0 aliphatic carbocycles. The smallest absolute Gasteiger partial charge is 0.0632 e. The summed E-state index contributed by atoms with van der Waals surface area (Å²) >= 11 is 0. The Balaban J connectivity index is 2.65. The molecule has 3 heteroatoms. The molecule has 0 amide bonds. The highest BCUT2D eigenvalue weighted by Gasteiger charge is 1.92. The summed E-state index contributed by atoms with van der Waals surface area (Å²) in [5.41, 5.74) is 7.39. The Bertz CT molecular complexity index is 342. The standard InChI is InChI=1S/C12H17N3/c1-2-14-10-11-5-3-6-12(9-11)15-8-4-7-13/h3-9,14H,2,10,13H2,1H3. The third-order valence-electron chi connectivity index (χ3n) is 1.91. The first-order chi connectivity index (χ1) is 7.36. The van der Waals surface area contributed by atoms with Crippen LogP contribution in [0, 0.1) is 0 Å². The van der Waals surface area contributed by atoms with Crippen LogP contribution < -0.4 is 11.1 Å². The minimum atomic E-state index is 0.882. The van der Waals surface area contributed by atoms with Crippen LogP contribution in [0.15, 0.2) is 41.5 Å². The van der Waals surface area contributed by atoms with Crippen LogP contribution >= 0.6 is 0 Å². The van der Waals surface area contributed by atoms with Crippen molar-refractivity contribution in [2.45, 2.75) is 13.5 Å². The molecule has 0 heterocycles. The van der Waals surface area contributed by atoms with Gasteiger partial charge in [0, 0.05) is 12.8 Å². The summed E-state index contributed by atoms with van der Waals surface area (Å²) < 4.78 is 0. The summed E-state index contributed by atoms with van der Waals surface area (Å²) in [6.07, 6.45) is 4.86. The van der Waals surface area contributed by atoms with E-state index in [9.17, 15) is 0 Å². The van der Waals surface area contributed by atoms with Gasteiger partial charge < -0.3 is 11.1 Å². The Morgan fingerprint density at radius 2 is 2.33 bits per heavy atom. The van der Waals surface area contributed by atoms with Gasteiger partial charge in [-0.15, -0.1) is 0 Å². The molecule has 3 N–H and O–H groups in total. The average Bonchev–Trinajstić information content (AvgIpc) is 2.27. The molecule has 0 atom stereocenters. The molecule has 0 radical (unpaired) electrons. The van der Waals surface area contributed by atoms with Gasteiger partial charge in [0.2, 0.25) is 0 Å². The molecule has 0 unspecified atom stereocenters. The Labute approximate surface area is 90.7 Å². The highest BCUT2D eigenvalue weighted by molar-refractivity contribution is 5.74. The van der Waals surface area contributed by atoms with Crippen LogP contribution in [-0.2, 0) is 6.54 Å². The Morgan fingerprint density at radius 3 is 3.07 bits per heavy atom. The number of rotatable bonds is 5. The van der Waals surface area contributed by atoms with Crippen molar-refractivity contribution in [3.8, 4) is 0 Å². The lowest BCUT2D eigenvalue weighted by atomic mass is 10.2. The number of benzene rings is 1. The zero-order chi connectivity index (χ0) is 10.9. The molecule has 0 aromatic heterocycles. The van der Waals surface area contributed by atoms with Crippen molar-refractivity contribution in [3.63, 3.8) is 0 Å². The van der Waals surface area contributed by atoms with E-state index < -0.39 is 0 Å². The van der Waals surface area contributed by atoms with Gasteiger partial charge in [0.15, 0.2) is 0 Å². The van der Waals surface area contributed by atoms with Crippen LogP contribution in [0.4, 0.5) is 5.69 Å². The molecule has 0 aliphatic rings. The van der Waals surface area contributed by atoms with Crippen LogP contribution in [0.2, 0.25) is 0 Å². The molecule has 0 saturated heterocycles. The van der Waals surface area contributed by atoms with Crippen LogP contribution in [0.5, 0.6) is 0 Å². The largest absolute Gasteiger partial charge is 0.405 e. The zero-order valence-corrected chi connectivity index (χ0v) is 8.98. The molecule has 0 fully saturated rings. The van der Waals surface area contributed by atoms with E-state index in [0.717, 1.165) is 18.8 Å². The maximum atomic E-state index is 5.21. The second-order valence-electron chi connectivity index (χ2n) is 3.11. The number of hydrogen-bond acceptors (Lipinski definition) is 3.